The van der Waals surface area contributed by atoms with Crippen LogP contribution in [-0.2, 0) is 27.3 Å². The van der Waals surface area contributed by atoms with E-state index < -0.39 is 36.0 Å². The first-order chi connectivity index (χ1) is 17.3. The SMILES string of the molecule is O=C1CC[C@@H](N2Cc3c(ccc(C[C@H]4OCCC[C@@H]4N[C@H]4CC[C@H](C(F)F)CC4)c3F)C2=O)C(=O)N1. The average Bonchev–Trinajstić information content (AvgIpc) is 3.19. The Morgan fingerprint density at radius 1 is 1.08 bits per heavy atom. The molecule has 0 spiro atoms. The Kier molecular flexibility index (Phi) is 7.35. The molecule has 0 unspecified atom stereocenters. The monoisotopic (exact) mass is 507 g/mol. The summed E-state index contributed by atoms with van der Waals surface area (Å²) >= 11 is 0. The number of amides is 3. The number of rotatable bonds is 6. The minimum absolute atomic E-state index is 0.00102. The maximum absolute atomic E-state index is 15.6. The summed E-state index contributed by atoms with van der Waals surface area (Å²) in [5.41, 5.74) is 0.968. The quantitative estimate of drug-likeness (QED) is 0.578. The van der Waals surface area contributed by atoms with Gasteiger partial charge >= 0.3 is 0 Å². The lowest BCUT2D eigenvalue weighted by molar-refractivity contribution is -0.136. The van der Waals surface area contributed by atoms with E-state index in [0.717, 1.165) is 12.8 Å². The highest BCUT2D eigenvalue weighted by Gasteiger charge is 2.41. The molecule has 2 saturated heterocycles. The summed E-state index contributed by atoms with van der Waals surface area (Å²) in [6.07, 6.45) is 2.32. The number of ether oxygens (including phenoxy) is 1. The lowest BCUT2D eigenvalue weighted by atomic mass is 9.85. The Balaban J connectivity index is 1.26. The van der Waals surface area contributed by atoms with Gasteiger partial charge in [0.1, 0.15) is 11.9 Å². The van der Waals surface area contributed by atoms with Gasteiger partial charge in [-0.05, 0) is 56.6 Å². The number of benzene rings is 1. The third kappa shape index (κ3) is 5.02. The molecule has 4 aliphatic rings. The highest BCUT2D eigenvalue weighted by atomic mass is 19.3. The number of fused-ring (bicyclic) bond motifs is 1. The van der Waals surface area contributed by atoms with E-state index in [4.69, 9.17) is 4.74 Å². The molecule has 3 aliphatic heterocycles. The zero-order chi connectivity index (χ0) is 25.4. The molecule has 1 saturated carbocycles. The molecule has 196 valence electrons. The molecule has 2 N–H and O–H groups in total. The second kappa shape index (κ2) is 10.5. The molecule has 36 heavy (non-hydrogen) atoms. The van der Waals surface area contributed by atoms with Crippen LogP contribution in [0.3, 0.4) is 0 Å². The average molecular weight is 508 g/mol. The molecule has 10 heteroatoms. The number of hydrogen-bond donors (Lipinski definition) is 2. The smallest absolute Gasteiger partial charge is 0.255 e. The van der Waals surface area contributed by atoms with Crippen molar-refractivity contribution in [2.24, 2.45) is 5.92 Å². The second-order valence-corrected chi connectivity index (χ2v) is 10.4. The summed E-state index contributed by atoms with van der Waals surface area (Å²) < 4.78 is 47.6. The van der Waals surface area contributed by atoms with E-state index in [2.05, 4.69) is 10.6 Å². The van der Waals surface area contributed by atoms with E-state index in [1.54, 1.807) is 12.1 Å². The van der Waals surface area contributed by atoms with E-state index >= 15 is 4.39 Å². The van der Waals surface area contributed by atoms with Gasteiger partial charge in [-0.15, -0.1) is 0 Å². The molecule has 3 amide bonds. The van der Waals surface area contributed by atoms with Crippen molar-refractivity contribution in [3.05, 3.63) is 34.6 Å². The number of nitrogens with zero attached hydrogens (tertiary/aromatic N) is 1. The molecule has 5 rings (SSSR count). The van der Waals surface area contributed by atoms with Gasteiger partial charge in [0.2, 0.25) is 18.2 Å². The number of imide groups is 1. The van der Waals surface area contributed by atoms with Crippen molar-refractivity contribution >= 4 is 17.7 Å². The zero-order valence-electron chi connectivity index (χ0n) is 20.1. The van der Waals surface area contributed by atoms with Crippen molar-refractivity contribution in [1.29, 1.82) is 0 Å². The maximum atomic E-state index is 15.6. The van der Waals surface area contributed by atoms with Crippen LogP contribution in [0.25, 0.3) is 0 Å². The van der Waals surface area contributed by atoms with Crippen LogP contribution in [0.1, 0.15) is 72.9 Å². The molecule has 7 nitrogen and oxygen atoms in total. The fourth-order valence-corrected chi connectivity index (χ4v) is 6.10. The first kappa shape index (κ1) is 25.2. The standard InChI is InChI=1S/C26H32F3N3O4/c27-23-15(5-8-17-18(23)13-32(26(17)35)20-9-10-22(33)31-25(20)34)12-21-19(2-1-11-36-21)30-16-6-3-14(4-7-16)24(28)29/h5,8,14,16,19-21,24,30H,1-4,6-7,9-13H2,(H,31,33,34)/t14-,16-,19-,20+,21+/m0/s1. The maximum Gasteiger partial charge on any atom is 0.255 e. The predicted octanol–water partition coefficient (Wildman–Crippen LogP) is 3.09. The number of nitrogens with one attached hydrogen (secondary N) is 2. The van der Waals surface area contributed by atoms with E-state index in [-0.39, 0.29) is 54.6 Å². The van der Waals surface area contributed by atoms with Crippen LogP contribution in [0.4, 0.5) is 13.2 Å². The van der Waals surface area contributed by atoms with Gasteiger partial charge in [-0.2, -0.15) is 0 Å². The lowest BCUT2D eigenvalue weighted by Crippen LogP contribution is -2.52. The summed E-state index contributed by atoms with van der Waals surface area (Å²) in [6.45, 7) is 0.565. The molecule has 0 radical (unpaired) electrons. The number of carbonyl (C=O) groups is 3. The summed E-state index contributed by atoms with van der Waals surface area (Å²) in [6, 6.07) is 2.59. The van der Waals surface area contributed by atoms with Gasteiger partial charge in [-0.1, -0.05) is 6.07 Å². The largest absolute Gasteiger partial charge is 0.376 e. The van der Waals surface area contributed by atoms with Crippen LogP contribution in [-0.4, -0.2) is 59.9 Å². The Morgan fingerprint density at radius 3 is 2.58 bits per heavy atom. The van der Waals surface area contributed by atoms with Crippen molar-refractivity contribution in [2.45, 2.75) is 95.0 Å². The molecule has 1 aromatic carbocycles. The minimum Gasteiger partial charge on any atom is -0.376 e. The summed E-state index contributed by atoms with van der Waals surface area (Å²) in [5.74, 6) is -2.28. The molecule has 1 aromatic rings. The van der Waals surface area contributed by atoms with Crippen LogP contribution in [0, 0.1) is 11.7 Å². The molecule has 0 bridgehead atoms. The Bertz CT molecular complexity index is 1030. The summed E-state index contributed by atoms with van der Waals surface area (Å²) in [4.78, 5) is 38.0. The molecule has 3 fully saturated rings. The van der Waals surface area contributed by atoms with E-state index in [1.807, 2.05) is 0 Å². The fraction of sp³-hybridized carbons (Fsp3) is 0.654. The number of piperidine rings is 1. The molecule has 3 atom stereocenters. The molecule has 3 heterocycles. The normalized spacial score (nSPS) is 31.1. The summed E-state index contributed by atoms with van der Waals surface area (Å²) in [5, 5.41) is 5.85. The van der Waals surface area contributed by atoms with Crippen molar-refractivity contribution in [3.8, 4) is 0 Å². The molecular formula is C26H32F3N3O4. The van der Waals surface area contributed by atoms with Crippen molar-refractivity contribution < 1.29 is 32.3 Å². The third-order valence-corrected chi connectivity index (χ3v) is 8.17. The minimum atomic E-state index is -2.27. The van der Waals surface area contributed by atoms with Gasteiger partial charge in [-0.3, -0.25) is 19.7 Å². The number of carbonyl (C=O) groups excluding carboxylic acids is 3. The van der Waals surface area contributed by atoms with E-state index in [1.165, 1.54) is 4.90 Å². The highest BCUT2D eigenvalue weighted by Crippen LogP contribution is 2.33. The van der Waals surface area contributed by atoms with Crippen molar-refractivity contribution in [2.75, 3.05) is 6.61 Å². The number of alkyl halides is 2. The van der Waals surface area contributed by atoms with Gasteiger partial charge in [0.05, 0.1) is 12.6 Å². The number of halogens is 3. The number of hydrogen-bond acceptors (Lipinski definition) is 5. The van der Waals surface area contributed by atoms with Gasteiger partial charge in [0, 0.05) is 48.6 Å². The van der Waals surface area contributed by atoms with Crippen LogP contribution < -0.4 is 10.6 Å². The molecule has 0 aromatic heterocycles. The first-order valence-corrected chi connectivity index (χ1v) is 12.9. The zero-order valence-corrected chi connectivity index (χ0v) is 20.1. The topological polar surface area (TPSA) is 87.7 Å². The van der Waals surface area contributed by atoms with Crippen LogP contribution >= 0.6 is 0 Å². The fourth-order valence-electron chi connectivity index (χ4n) is 6.10. The van der Waals surface area contributed by atoms with Crippen LogP contribution in [0.15, 0.2) is 12.1 Å². The van der Waals surface area contributed by atoms with Crippen LogP contribution in [0.2, 0.25) is 0 Å². The first-order valence-electron chi connectivity index (χ1n) is 12.9. The van der Waals surface area contributed by atoms with Gasteiger partial charge < -0.3 is 15.0 Å². The Hall–Kier alpha value is -2.46. The van der Waals surface area contributed by atoms with E-state index in [0.29, 0.717) is 44.3 Å². The van der Waals surface area contributed by atoms with Crippen LogP contribution in [0.5, 0.6) is 0 Å². The molecular weight excluding hydrogens is 475 g/mol. The Labute approximate surface area is 208 Å². The van der Waals surface area contributed by atoms with Crippen molar-refractivity contribution in [1.82, 2.24) is 15.5 Å². The second-order valence-electron chi connectivity index (χ2n) is 10.4. The van der Waals surface area contributed by atoms with E-state index in [9.17, 15) is 23.2 Å². The Morgan fingerprint density at radius 2 is 1.86 bits per heavy atom. The van der Waals surface area contributed by atoms with Gasteiger partial charge in [0.25, 0.3) is 5.91 Å². The van der Waals surface area contributed by atoms with Gasteiger partial charge in [-0.25, -0.2) is 13.2 Å². The van der Waals surface area contributed by atoms with Gasteiger partial charge in [0.15, 0.2) is 0 Å². The lowest BCUT2D eigenvalue weighted by Gasteiger charge is -2.37. The van der Waals surface area contributed by atoms with Crippen molar-refractivity contribution in [3.63, 3.8) is 0 Å². The third-order valence-electron chi connectivity index (χ3n) is 8.17. The predicted molar refractivity (Wildman–Crippen MR) is 124 cm³/mol. The molecule has 1 aliphatic carbocycles. The summed E-state index contributed by atoms with van der Waals surface area (Å²) in [7, 11) is 0. The highest BCUT2D eigenvalue weighted by molar-refractivity contribution is 6.05.